The summed E-state index contributed by atoms with van der Waals surface area (Å²) in [6, 6.07) is 26.0. The summed E-state index contributed by atoms with van der Waals surface area (Å²) in [5.74, 6) is 0. The average Bonchev–Trinajstić information content (AvgIpc) is 3.46. The Balaban J connectivity index is 1.38. The van der Waals surface area contributed by atoms with Crippen LogP contribution in [0.15, 0.2) is 88.8 Å². The van der Waals surface area contributed by atoms with Crippen LogP contribution in [0.5, 0.6) is 0 Å². The molecule has 5 rings (SSSR count). The Morgan fingerprint density at radius 3 is 1.50 bits per heavy atom. The van der Waals surface area contributed by atoms with Crippen LogP contribution in [0.25, 0.3) is 0 Å². The summed E-state index contributed by atoms with van der Waals surface area (Å²) in [6.45, 7) is 0.966. The molecule has 0 saturated heterocycles. The van der Waals surface area contributed by atoms with Gasteiger partial charge in [-0.3, -0.25) is 0 Å². The van der Waals surface area contributed by atoms with E-state index in [-0.39, 0.29) is 0 Å². The Hall–Kier alpha value is -3.15. The van der Waals surface area contributed by atoms with Crippen LogP contribution >= 0.6 is 0 Å². The van der Waals surface area contributed by atoms with Crippen LogP contribution in [0.2, 0.25) is 0 Å². The van der Waals surface area contributed by atoms with E-state index in [4.69, 9.17) is 24.4 Å². The second-order valence-electron chi connectivity index (χ2n) is 6.70. The summed E-state index contributed by atoms with van der Waals surface area (Å²) in [4.78, 5) is 14.2. The van der Waals surface area contributed by atoms with Crippen LogP contribution in [0.4, 0.5) is 0 Å². The molecule has 2 aliphatic rings. The molecule has 0 N–H and O–H groups in total. The lowest BCUT2D eigenvalue weighted by Crippen LogP contribution is -2.05. The summed E-state index contributed by atoms with van der Waals surface area (Å²) >= 11 is 0. The highest BCUT2D eigenvalue weighted by Crippen LogP contribution is 2.28. The molecule has 0 aliphatic carbocycles. The predicted molar refractivity (Wildman–Crippen MR) is 108 cm³/mol. The van der Waals surface area contributed by atoms with Crippen molar-refractivity contribution in [3.8, 4) is 0 Å². The molecule has 0 spiro atoms. The number of pyridine rings is 1. The summed E-state index contributed by atoms with van der Waals surface area (Å²) in [7, 11) is 0. The van der Waals surface area contributed by atoms with Crippen molar-refractivity contribution in [2.45, 2.75) is 12.5 Å². The van der Waals surface area contributed by atoms with Crippen LogP contribution in [0.3, 0.4) is 0 Å². The van der Waals surface area contributed by atoms with Crippen molar-refractivity contribution in [3.05, 3.63) is 101 Å². The standard InChI is InChI=1S/C23H19N3O2/c1-3-8-16(9-4-1)20-14-27-22(25-20)18-12-7-13-19(24-18)23-26-21(15-28-23)17-10-5-2-6-11-17/h1-13,22-23H,14-15H2/t22-,23-/m1/s1. The van der Waals surface area contributed by atoms with E-state index in [1.807, 2.05) is 78.9 Å². The minimum absolute atomic E-state index is 0.394. The fourth-order valence-corrected chi connectivity index (χ4v) is 3.37. The van der Waals surface area contributed by atoms with Crippen LogP contribution in [-0.4, -0.2) is 29.6 Å². The summed E-state index contributed by atoms with van der Waals surface area (Å²) in [5, 5.41) is 0. The lowest BCUT2D eigenvalue weighted by atomic mass is 10.1. The van der Waals surface area contributed by atoms with Crippen LogP contribution in [0.1, 0.15) is 35.0 Å². The minimum atomic E-state index is -0.394. The van der Waals surface area contributed by atoms with Crippen LogP contribution in [0, 0.1) is 0 Å². The number of hydrogen-bond acceptors (Lipinski definition) is 5. The molecule has 138 valence electrons. The van der Waals surface area contributed by atoms with E-state index >= 15 is 0 Å². The van der Waals surface area contributed by atoms with Gasteiger partial charge in [-0.1, -0.05) is 66.7 Å². The number of benzene rings is 2. The highest BCUT2D eigenvalue weighted by atomic mass is 16.5. The van der Waals surface area contributed by atoms with Gasteiger partial charge in [-0.15, -0.1) is 0 Å². The largest absolute Gasteiger partial charge is 0.344 e. The van der Waals surface area contributed by atoms with Gasteiger partial charge in [0.05, 0.1) is 36.0 Å². The summed E-state index contributed by atoms with van der Waals surface area (Å²) in [5.41, 5.74) is 5.60. The van der Waals surface area contributed by atoms with Gasteiger partial charge in [0, 0.05) is 0 Å². The van der Waals surface area contributed by atoms with Gasteiger partial charge >= 0.3 is 0 Å². The Morgan fingerprint density at radius 2 is 1.04 bits per heavy atom. The molecule has 0 bridgehead atoms. The normalized spacial score (nSPS) is 21.4. The molecule has 2 atom stereocenters. The molecule has 0 radical (unpaired) electrons. The molecule has 2 aromatic carbocycles. The number of nitrogens with zero attached hydrogens (tertiary/aromatic N) is 3. The molecule has 0 amide bonds. The third-order valence-corrected chi connectivity index (χ3v) is 4.81. The maximum absolute atomic E-state index is 5.87. The van der Waals surface area contributed by atoms with Crippen molar-refractivity contribution >= 4 is 11.4 Å². The number of ether oxygens (including phenoxy) is 2. The van der Waals surface area contributed by atoms with E-state index in [0.717, 1.165) is 33.9 Å². The summed E-state index contributed by atoms with van der Waals surface area (Å²) in [6.07, 6.45) is -0.789. The monoisotopic (exact) mass is 369 g/mol. The molecule has 3 aromatic rings. The molecule has 1 aromatic heterocycles. The van der Waals surface area contributed by atoms with Crippen molar-refractivity contribution in [1.82, 2.24) is 4.98 Å². The third kappa shape index (κ3) is 3.38. The van der Waals surface area contributed by atoms with Crippen molar-refractivity contribution in [3.63, 3.8) is 0 Å². The van der Waals surface area contributed by atoms with Gasteiger partial charge in [-0.05, 0) is 23.3 Å². The van der Waals surface area contributed by atoms with E-state index in [1.54, 1.807) is 0 Å². The topological polar surface area (TPSA) is 56.1 Å². The van der Waals surface area contributed by atoms with Gasteiger partial charge in [0.2, 0.25) is 0 Å². The lowest BCUT2D eigenvalue weighted by Gasteiger charge is -2.10. The lowest BCUT2D eigenvalue weighted by molar-refractivity contribution is 0.0981. The second-order valence-corrected chi connectivity index (χ2v) is 6.70. The van der Waals surface area contributed by atoms with E-state index in [2.05, 4.69) is 0 Å². The number of aliphatic imine (C=N–C) groups is 2. The molecular formula is C23H19N3O2. The van der Waals surface area contributed by atoms with Crippen molar-refractivity contribution in [2.75, 3.05) is 13.2 Å². The molecule has 28 heavy (non-hydrogen) atoms. The van der Waals surface area contributed by atoms with E-state index in [0.29, 0.717) is 13.2 Å². The van der Waals surface area contributed by atoms with Gasteiger partial charge < -0.3 is 9.47 Å². The van der Waals surface area contributed by atoms with Crippen molar-refractivity contribution in [2.24, 2.45) is 9.98 Å². The fraction of sp³-hybridized carbons (Fsp3) is 0.174. The van der Waals surface area contributed by atoms with Crippen molar-refractivity contribution in [1.29, 1.82) is 0 Å². The number of hydrogen-bond donors (Lipinski definition) is 0. The SMILES string of the molecule is c1ccc(C2=N[C@@H](c3cccc([C@@H]4N=C(c5ccccc5)CO4)n3)OC2)cc1. The Bertz CT molecular complexity index is 951. The average molecular weight is 369 g/mol. The van der Waals surface area contributed by atoms with E-state index < -0.39 is 12.5 Å². The Labute approximate surface area is 163 Å². The minimum Gasteiger partial charge on any atom is -0.344 e. The highest BCUT2D eigenvalue weighted by Gasteiger charge is 2.25. The predicted octanol–water partition coefficient (Wildman–Crippen LogP) is 4.12. The molecular weight excluding hydrogens is 350 g/mol. The van der Waals surface area contributed by atoms with Gasteiger partial charge in [0.1, 0.15) is 0 Å². The first kappa shape index (κ1) is 17.0. The zero-order valence-corrected chi connectivity index (χ0v) is 15.2. The summed E-state index contributed by atoms with van der Waals surface area (Å²) < 4.78 is 11.7. The molecule has 5 heteroatoms. The van der Waals surface area contributed by atoms with Crippen LogP contribution in [-0.2, 0) is 9.47 Å². The quantitative estimate of drug-likeness (QED) is 0.695. The first-order valence-corrected chi connectivity index (χ1v) is 9.31. The van der Waals surface area contributed by atoms with E-state index in [9.17, 15) is 0 Å². The first-order chi connectivity index (χ1) is 13.9. The van der Waals surface area contributed by atoms with E-state index in [1.165, 1.54) is 0 Å². The Morgan fingerprint density at radius 1 is 0.571 bits per heavy atom. The zero-order valence-electron chi connectivity index (χ0n) is 15.2. The van der Waals surface area contributed by atoms with Crippen LogP contribution < -0.4 is 0 Å². The molecule has 5 nitrogen and oxygen atoms in total. The molecule has 3 heterocycles. The highest BCUT2D eigenvalue weighted by molar-refractivity contribution is 6.03. The third-order valence-electron chi connectivity index (χ3n) is 4.81. The van der Waals surface area contributed by atoms with Gasteiger partial charge in [0.15, 0.2) is 12.5 Å². The maximum atomic E-state index is 5.87. The maximum Gasteiger partial charge on any atom is 0.191 e. The molecule has 0 fully saturated rings. The second kappa shape index (κ2) is 7.46. The number of aromatic nitrogens is 1. The Kier molecular flexibility index (Phi) is 4.53. The van der Waals surface area contributed by atoms with Gasteiger partial charge in [0.25, 0.3) is 0 Å². The van der Waals surface area contributed by atoms with Gasteiger partial charge in [-0.25, -0.2) is 15.0 Å². The van der Waals surface area contributed by atoms with Crippen molar-refractivity contribution < 1.29 is 9.47 Å². The molecule has 0 saturated carbocycles. The first-order valence-electron chi connectivity index (χ1n) is 9.31. The smallest absolute Gasteiger partial charge is 0.191 e. The number of rotatable bonds is 4. The zero-order chi connectivity index (χ0) is 18.8. The van der Waals surface area contributed by atoms with Gasteiger partial charge in [-0.2, -0.15) is 0 Å². The molecule has 2 aliphatic heterocycles. The fourth-order valence-electron chi connectivity index (χ4n) is 3.37. The molecule has 0 unspecified atom stereocenters.